The maximum Gasteiger partial charge on any atom is 0.340 e. The number of amides is 1. The van der Waals surface area contributed by atoms with Crippen molar-refractivity contribution in [3.8, 4) is 5.69 Å². The van der Waals surface area contributed by atoms with Crippen molar-refractivity contribution in [1.29, 1.82) is 0 Å². The second kappa shape index (κ2) is 6.15. The van der Waals surface area contributed by atoms with Gasteiger partial charge in [-0.05, 0) is 32.0 Å². The summed E-state index contributed by atoms with van der Waals surface area (Å²) in [4.78, 5) is 27.5. The summed E-state index contributed by atoms with van der Waals surface area (Å²) in [5.74, 6) is 0.151. The lowest BCUT2D eigenvalue weighted by atomic mass is 10.2. The zero-order chi connectivity index (χ0) is 17.3. The van der Waals surface area contributed by atoms with Crippen LogP contribution in [0.5, 0.6) is 0 Å². The number of aromatic amines is 2. The van der Waals surface area contributed by atoms with Crippen molar-refractivity contribution < 1.29 is 4.79 Å². The molecule has 1 aromatic carbocycles. The van der Waals surface area contributed by atoms with E-state index in [2.05, 4.69) is 20.3 Å². The molecule has 0 fully saturated rings. The van der Waals surface area contributed by atoms with Gasteiger partial charge in [-0.3, -0.25) is 9.78 Å². The summed E-state index contributed by atoms with van der Waals surface area (Å²) in [6.07, 6.45) is 0. The highest BCUT2D eigenvalue weighted by molar-refractivity contribution is 5.92. The molecule has 0 aliphatic heterocycles. The van der Waals surface area contributed by atoms with Gasteiger partial charge in [0.2, 0.25) is 0 Å². The molecule has 2 N–H and O–H groups in total. The number of rotatable bonds is 4. The first-order chi connectivity index (χ1) is 11.4. The second-order valence-electron chi connectivity index (χ2n) is 5.70. The Morgan fingerprint density at radius 3 is 2.58 bits per heavy atom. The minimum atomic E-state index is -0.398. The van der Waals surface area contributed by atoms with Crippen LogP contribution in [0.15, 0.2) is 35.1 Å². The zero-order valence-corrected chi connectivity index (χ0v) is 13.7. The molecule has 0 saturated carbocycles. The van der Waals surface area contributed by atoms with Gasteiger partial charge < -0.3 is 4.90 Å². The Morgan fingerprint density at radius 1 is 1.25 bits per heavy atom. The maximum atomic E-state index is 12.5. The monoisotopic (exact) mass is 326 g/mol. The Kier molecular flexibility index (Phi) is 4.03. The highest BCUT2D eigenvalue weighted by Crippen LogP contribution is 2.14. The van der Waals surface area contributed by atoms with E-state index in [0.717, 1.165) is 16.9 Å². The zero-order valence-electron chi connectivity index (χ0n) is 13.7. The molecule has 2 heterocycles. The summed E-state index contributed by atoms with van der Waals surface area (Å²) in [6.45, 7) is 4.10. The molecule has 3 rings (SSSR count). The number of H-pyrrole nitrogens is 2. The Bertz CT molecular complexity index is 919. The Balaban J connectivity index is 1.81. The van der Waals surface area contributed by atoms with E-state index in [1.165, 1.54) is 4.90 Å². The smallest absolute Gasteiger partial charge is 0.333 e. The minimum absolute atomic E-state index is 0.189. The third-order valence-electron chi connectivity index (χ3n) is 3.67. The molecular formula is C16H18N6O2. The fraction of sp³-hybridized carbons (Fsp3) is 0.250. The van der Waals surface area contributed by atoms with Crippen molar-refractivity contribution in [1.82, 2.24) is 29.9 Å². The maximum absolute atomic E-state index is 12.5. The number of nitrogens with zero attached hydrogens (tertiary/aromatic N) is 4. The second-order valence-corrected chi connectivity index (χ2v) is 5.70. The van der Waals surface area contributed by atoms with Gasteiger partial charge in [0.15, 0.2) is 11.5 Å². The molecule has 0 aliphatic carbocycles. The molecule has 0 unspecified atom stereocenters. The van der Waals surface area contributed by atoms with E-state index in [1.54, 1.807) is 17.8 Å². The lowest BCUT2D eigenvalue weighted by Crippen LogP contribution is -2.27. The number of carbonyl (C=O) groups is 1. The van der Waals surface area contributed by atoms with Crippen LogP contribution in [0.4, 0.5) is 0 Å². The minimum Gasteiger partial charge on any atom is -0.333 e. The average molecular weight is 326 g/mol. The molecule has 8 heteroatoms. The number of hydrogen-bond donors (Lipinski definition) is 2. The highest BCUT2D eigenvalue weighted by atomic mass is 16.2. The van der Waals surface area contributed by atoms with Crippen LogP contribution in [-0.2, 0) is 6.54 Å². The van der Waals surface area contributed by atoms with E-state index in [-0.39, 0.29) is 12.5 Å². The van der Waals surface area contributed by atoms with Crippen molar-refractivity contribution >= 4 is 5.91 Å². The quantitative estimate of drug-likeness (QED) is 0.752. The fourth-order valence-electron chi connectivity index (χ4n) is 2.40. The van der Waals surface area contributed by atoms with Gasteiger partial charge in [-0.2, -0.15) is 10.2 Å². The van der Waals surface area contributed by atoms with Crippen LogP contribution >= 0.6 is 0 Å². The normalized spacial score (nSPS) is 10.8. The van der Waals surface area contributed by atoms with Gasteiger partial charge >= 0.3 is 5.69 Å². The SMILES string of the molecule is Cc1ccc(-n2nc(C(=O)N(C)Cc3n[nH]c(=O)[nH]3)cc2C)cc1. The number of hydrogen-bond acceptors (Lipinski definition) is 4. The van der Waals surface area contributed by atoms with Gasteiger partial charge in [0, 0.05) is 12.7 Å². The van der Waals surface area contributed by atoms with Crippen LogP contribution < -0.4 is 5.69 Å². The summed E-state index contributed by atoms with van der Waals surface area (Å²) in [7, 11) is 1.63. The van der Waals surface area contributed by atoms with Crippen LogP contribution in [0, 0.1) is 13.8 Å². The Labute approximate surface area is 138 Å². The molecule has 8 nitrogen and oxygen atoms in total. The van der Waals surface area contributed by atoms with Gasteiger partial charge in [0.25, 0.3) is 5.91 Å². The molecule has 3 aromatic rings. The molecule has 0 saturated heterocycles. The van der Waals surface area contributed by atoms with Crippen molar-refractivity contribution in [2.24, 2.45) is 0 Å². The summed E-state index contributed by atoms with van der Waals surface area (Å²) < 4.78 is 1.73. The summed E-state index contributed by atoms with van der Waals surface area (Å²) in [6, 6.07) is 9.66. The van der Waals surface area contributed by atoms with Crippen LogP contribution in [0.1, 0.15) is 27.6 Å². The standard InChI is InChI=1S/C16H18N6O2/c1-10-4-6-12(7-5-10)22-11(2)8-13(20-22)15(23)21(3)9-14-17-16(24)19-18-14/h4-8H,9H2,1-3H3,(H2,17,18,19,24). The van der Waals surface area contributed by atoms with E-state index in [1.807, 2.05) is 38.1 Å². The van der Waals surface area contributed by atoms with Crippen LogP contribution in [0.2, 0.25) is 0 Å². The van der Waals surface area contributed by atoms with E-state index in [0.29, 0.717) is 11.5 Å². The van der Waals surface area contributed by atoms with Gasteiger partial charge in [-0.15, -0.1) is 0 Å². The molecular weight excluding hydrogens is 308 g/mol. The number of carbonyl (C=O) groups excluding carboxylic acids is 1. The summed E-state index contributed by atoms with van der Waals surface area (Å²) in [5.41, 5.74) is 2.87. The summed E-state index contributed by atoms with van der Waals surface area (Å²) in [5, 5.41) is 10.5. The number of aromatic nitrogens is 5. The predicted molar refractivity (Wildman–Crippen MR) is 88.0 cm³/mol. The van der Waals surface area contributed by atoms with Crippen molar-refractivity contribution in [2.75, 3.05) is 7.05 Å². The van der Waals surface area contributed by atoms with Crippen molar-refractivity contribution in [2.45, 2.75) is 20.4 Å². The third kappa shape index (κ3) is 3.12. The van der Waals surface area contributed by atoms with Gasteiger partial charge in [-0.1, -0.05) is 17.7 Å². The molecule has 24 heavy (non-hydrogen) atoms. The highest BCUT2D eigenvalue weighted by Gasteiger charge is 2.18. The number of benzene rings is 1. The first kappa shape index (κ1) is 15.7. The summed E-state index contributed by atoms with van der Waals surface area (Å²) >= 11 is 0. The van der Waals surface area contributed by atoms with Crippen molar-refractivity contribution in [3.05, 3.63) is 63.6 Å². The van der Waals surface area contributed by atoms with E-state index < -0.39 is 5.69 Å². The number of aryl methyl sites for hydroxylation is 2. The molecule has 0 atom stereocenters. The topological polar surface area (TPSA) is 99.7 Å². The lowest BCUT2D eigenvalue weighted by Gasteiger charge is -2.13. The molecule has 0 aliphatic rings. The van der Waals surface area contributed by atoms with Crippen LogP contribution in [0.25, 0.3) is 5.69 Å². The van der Waals surface area contributed by atoms with Gasteiger partial charge in [0.05, 0.1) is 12.2 Å². The van der Waals surface area contributed by atoms with E-state index in [9.17, 15) is 9.59 Å². The Hall–Kier alpha value is -3.16. The van der Waals surface area contributed by atoms with E-state index in [4.69, 9.17) is 0 Å². The average Bonchev–Trinajstić information content (AvgIpc) is 3.13. The largest absolute Gasteiger partial charge is 0.340 e. The molecule has 2 aromatic heterocycles. The lowest BCUT2D eigenvalue weighted by molar-refractivity contribution is 0.0775. The fourth-order valence-corrected chi connectivity index (χ4v) is 2.40. The first-order valence-corrected chi connectivity index (χ1v) is 7.47. The van der Waals surface area contributed by atoms with Crippen molar-refractivity contribution in [3.63, 3.8) is 0 Å². The number of nitrogens with one attached hydrogen (secondary N) is 2. The molecule has 1 amide bonds. The molecule has 0 spiro atoms. The van der Waals surface area contributed by atoms with E-state index >= 15 is 0 Å². The first-order valence-electron chi connectivity index (χ1n) is 7.47. The Morgan fingerprint density at radius 2 is 1.96 bits per heavy atom. The van der Waals surface area contributed by atoms with Crippen LogP contribution in [0.3, 0.4) is 0 Å². The molecule has 0 radical (unpaired) electrons. The molecule has 0 bridgehead atoms. The van der Waals surface area contributed by atoms with Crippen LogP contribution in [-0.4, -0.2) is 42.8 Å². The van der Waals surface area contributed by atoms with Gasteiger partial charge in [0.1, 0.15) is 0 Å². The van der Waals surface area contributed by atoms with Gasteiger partial charge in [-0.25, -0.2) is 14.6 Å². The predicted octanol–water partition coefficient (Wildman–Crippen LogP) is 1.17. The third-order valence-corrected chi connectivity index (χ3v) is 3.67. The molecule has 124 valence electrons.